The van der Waals surface area contributed by atoms with E-state index < -0.39 is 0 Å². The highest BCUT2D eigenvalue weighted by Crippen LogP contribution is 2.31. The number of rotatable bonds is 4. The zero-order valence-electron chi connectivity index (χ0n) is 12.7. The number of nitrogens with zero attached hydrogens (tertiary/aromatic N) is 2. The Kier molecular flexibility index (Phi) is 5.50. The first-order valence-electron chi connectivity index (χ1n) is 7.30. The van der Waals surface area contributed by atoms with Crippen molar-refractivity contribution < 1.29 is 0 Å². The molecular weight excluding hydrogens is 319 g/mol. The highest BCUT2D eigenvalue weighted by molar-refractivity contribution is 6.30. The van der Waals surface area contributed by atoms with Gasteiger partial charge in [0.2, 0.25) is 0 Å². The van der Waals surface area contributed by atoms with Gasteiger partial charge in [-0.1, -0.05) is 30.7 Å². The fourth-order valence-corrected chi connectivity index (χ4v) is 3.09. The molecule has 0 spiro atoms. The second-order valence-electron chi connectivity index (χ2n) is 6.25. The molecule has 2 aromatic rings. The summed E-state index contributed by atoms with van der Waals surface area (Å²) in [6.07, 6.45) is 3.08. The number of aromatic amines is 1. The maximum absolute atomic E-state index is 5.95. The van der Waals surface area contributed by atoms with Crippen molar-refractivity contribution in [2.75, 3.05) is 19.6 Å². The van der Waals surface area contributed by atoms with Crippen LogP contribution in [0.4, 0.5) is 0 Å². The number of H-pyrrole nitrogens is 1. The molecule has 120 valence electrons. The summed E-state index contributed by atoms with van der Waals surface area (Å²) < 4.78 is 0. The third-order valence-corrected chi connectivity index (χ3v) is 4.63. The van der Waals surface area contributed by atoms with Gasteiger partial charge in [0.15, 0.2) is 0 Å². The Morgan fingerprint density at radius 2 is 2.09 bits per heavy atom. The zero-order chi connectivity index (χ0) is 14.9. The van der Waals surface area contributed by atoms with Crippen LogP contribution in [0.5, 0.6) is 0 Å². The number of halogens is 2. The lowest BCUT2D eigenvalue weighted by atomic mass is 9.90. The number of likely N-dealkylation sites (tertiary alicyclic amines) is 1. The molecule has 0 amide bonds. The Morgan fingerprint density at radius 3 is 2.73 bits per heavy atom. The lowest BCUT2D eigenvalue weighted by molar-refractivity contribution is 0.275. The quantitative estimate of drug-likeness (QED) is 0.897. The summed E-state index contributed by atoms with van der Waals surface area (Å²) in [5, 5.41) is 8.06. The highest BCUT2D eigenvalue weighted by atomic mass is 35.5. The standard InChI is InChI=1S/C16H21ClN4.ClH/c1-16(10-18)6-7-21(11-16)9-13-8-19-20-15(13)12-2-4-14(17)5-3-12;/h2-5,8H,6-7,9-11,18H2,1H3,(H,19,20);1H. The Bertz CT molecular complexity index is 611. The second kappa shape index (κ2) is 7.01. The van der Waals surface area contributed by atoms with E-state index in [0.717, 1.165) is 48.9 Å². The third kappa shape index (κ3) is 3.63. The number of aromatic nitrogens is 2. The smallest absolute Gasteiger partial charge is 0.0695 e. The van der Waals surface area contributed by atoms with Crippen LogP contribution in [0.3, 0.4) is 0 Å². The minimum atomic E-state index is 0. The van der Waals surface area contributed by atoms with Crippen LogP contribution in [0, 0.1) is 5.41 Å². The summed E-state index contributed by atoms with van der Waals surface area (Å²) in [5.74, 6) is 0. The maximum atomic E-state index is 5.95. The van der Waals surface area contributed by atoms with Gasteiger partial charge in [0, 0.05) is 23.7 Å². The molecule has 6 heteroatoms. The van der Waals surface area contributed by atoms with Crippen LogP contribution in [0.25, 0.3) is 11.3 Å². The highest BCUT2D eigenvalue weighted by Gasteiger charge is 2.32. The van der Waals surface area contributed by atoms with Gasteiger partial charge in [-0.15, -0.1) is 12.4 Å². The first-order valence-corrected chi connectivity index (χ1v) is 7.68. The molecule has 1 aliphatic heterocycles. The Hall–Kier alpha value is -1.07. The van der Waals surface area contributed by atoms with Gasteiger partial charge >= 0.3 is 0 Å². The molecule has 1 aromatic carbocycles. The molecule has 1 fully saturated rings. The lowest BCUT2D eigenvalue weighted by Gasteiger charge is -2.22. The van der Waals surface area contributed by atoms with Gasteiger partial charge in [-0.3, -0.25) is 10.00 Å². The molecule has 0 radical (unpaired) electrons. The summed E-state index contributed by atoms with van der Waals surface area (Å²) in [5.41, 5.74) is 9.55. The van der Waals surface area contributed by atoms with E-state index in [9.17, 15) is 0 Å². The van der Waals surface area contributed by atoms with E-state index in [4.69, 9.17) is 17.3 Å². The largest absolute Gasteiger partial charge is 0.330 e. The van der Waals surface area contributed by atoms with Crippen LogP contribution in [-0.4, -0.2) is 34.7 Å². The van der Waals surface area contributed by atoms with Crippen molar-refractivity contribution in [2.24, 2.45) is 11.1 Å². The fraction of sp³-hybridized carbons (Fsp3) is 0.438. The minimum absolute atomic E-state index is 0. The fourth-order valence-electron chi connectivity index (χ4n) is 2.97. The molecule has 1 saturated heterocycles. The van der Waals surface area contributed by atoms with Crippen molar-refractivity contribution in [1.82, 2.24) is 15.1 Å². The molecular formula is C16H22Cl2N4. The molecule has 0 saturated carbocycles. The molecule has 0 bridgehead atoms. The molecule has 3 N–H and O–H groups in total. The third-order valence-electron chi connectivity index (χ3n) is 4.37. The summed E-state index contributed by atoms with van der Waals surface area (Å²) in [7, 11) is 0. The molecule has 4 nitrogen and oxygen atoms in total. The van der Waals surface area contributed by atoms with Crippen LogP contribution in [0.15, 0.2) is 30.5 Å². The van der Waals surface area contributed by atoms with Crippen molar-refractivity contribution >= 4 is 24.0 Å². The summed E-state index contributed by atoms with van der Waals surface area (Å²) in [6.45, 7) is 6.07. The number of nitrogens with one attached hydrogen (secondary N) is 1. The van der Waals surface area contributed by atoms with Crippen LogP contribution in [0.2, 0.25) is 5.02 Å². The normalized spacial score (nSPS) is 21.8. The van der Waals surface area contributed by atoms with E-state index in [1.807, 2.05) is 30.5 Å². The Labute approximate surface area is 142 Å². The monoisotopic (exact) mass is 340 g/mol. The van der Waals surface area contributed by atoms with E-state index in [2.05, 4.69) is 22.0 Å². The number of hydrogen-bond donors (Lipinski definition) is 2. The zero-order valence-corrected chi connectivity index (χ0v) is 14.3. The molecule has 1 unspecified atom stereocenters. The van der Waals surface area contributed by atoms with E-state index >= 15 is 0 Å². The molecule has 1 aliphatic rings. The van der Waals surface area contributed by atoms with Gasteiger partial charge in [0.25, 0.3) is 0 Å². The van der Waals surface area contributed by atoms with Gasteiger partial charge in [0.1, 0.15) is 0 Å². The summed E-state index contributed by atoms with van der Waals surface area (Å²) >= 11 is 5.95. The van der Waals surface area contributed by atoms with Gasteiger partial charge in [-0.2, -0.15) is 5.10 Å². The van der Waals surface area contributed by atoms with Gasteiger partial charge < -0.3 is 5.73 Å². The molecule has 2 heterocycles. The summed E-state index contributed by atoms with van der Waals surface area (Å²) in [4.78, 5) is 2.46. The van der Waals surface area contributed by atoms with Crippen molar-refractivity contribution in [3.05, 3.63) is 41.0 Å². The molecule has 1 aromatic heterocycles. The van der Waals surface area contributed by atoms with Crippen molar-refractivity contribution in [2.45, 2.75) is 19.9 Å². The lowest BCUT2D eigenvalue weighted by Crippen LogP contribution is -2.31. The number of hydrogen-bond acceptors (Lipinski definition) is 3. The van der Waals surface area contributed by atoms with Crippen molar-refractivity contribution in [3.63, 3.8) is 0 Å². The van der Waals surface area contributed by atoms with E-state index in [-0.39, 0.29) is 17.8 Å². The average Bonchev–Trinajstić information content (AvgIpc) is 3.08. The van der Waals surface area contributed by atoms with Gasteiger partial charge in [0.05, 0.1) is 11.9 Å². The second-order valence-corrected chi connectivity index (χ2v) is 6.69. The topological polar surface area (TPSA) is 57.9 Å². The molecule has 22 heavy (non-hydrogen) atoms. The predicted molar refractivity (Wildman–Crippen MR) is 93.3 cm³/mol. The Balaban J connectivity index is 0.00000176. The van der Waals surface area contributed by atoms with Gasteiger partial charge in [-0.05, 0) is 42.6 Å². The predicted octanol–water partition coefficient (Wildman–Crippen LogP) is 3.32. The van der Waals surface area contributed by atoms with Crippen LogP contribution >= 0.6 is 24.0 Å². The van der Waals surface area contributed by atoms with E-state index in [1.54, 1.807) is 0 Å². The number of benzene rings is 1. The van der Waals surface area contributed by atoms with Gasteiger partial charge in [-0.25, -0.2) is 0 Å². The van der Waals surface area contributed by atoms with Crippen molar-refractivity contribution in [3.8, 4) is 11.3 Å². The van der Waals surface area contributed by atoms with E-state index in [1.165, 1.54) is 5.56 Å². The maximum Gasteiger partial charge on any atom is 0.0695 e. The summed E-state index contributed by atoms with van der Waals surface area (Å²) in [6, 6.07) is 7.85. The minimum Gasteiger partial charge on any atom is -0.330 e. The van der Waals surface area contributed by atoms with E-state index in [0.29, 0.717) is 0 Å². The first kappa shape index (κ1) is 17.3. The number of nitrogens with two attached hydrogens (primary N) is 1. The Morgan fingerprint density at radius 1 is 1.36 bits per heavy atom. The average molecular weight is 341 g/mol. The van der Waals surface area contributed by atoms with Crippen LogP contribution < -0.4 is 5.73 Å². The van der Waals surface area contributed by atoms with Crippen LogP contribution in [0.1, 0.15) is 18.9 Å². The SMILES string of the molecule is CC1(CN)CCN(Cc2cn[nH]c2-c2ccc(Cl)cc2)C1.Cl. The van der Waals surface area contributed by atoms with Crippen LogP contribution in [-0.2, 0) is 6.54 Å². The molecule has 0 aliphatic carbocycles. The molecule has 1 atom stereocenters. The first-order chi connectivity index (χ1) is 10.1. The van der Waals surface area contributed by atoms with Crippen molar-refractivity contribution in [1.29, 1.82) is 0 Å². The molecule has 3 rings (SSSR count).